The van der Waals surface area contributed by atoms with Gasteiger partial charge in [-0.15, -0.1) is 0 Å². The normalized spacial score (nSPS) is 13.5. The molecule has 49 heavy (non-hydrogen) atoms. The monoisotopic (exact) mass is 680 g/mol. The van der Waals surface area contributed by atoms with Crippen molar-refractivity contribution < 1.29 is 24.3 Å². The first-order chi connectivity index (χ1) is 23.1. The van der Waals surface area contributed by atoms with Crippen molar-refractivity contribution in [2.24, 2.45) is 11.5 Å². The third kappa shape index (κ3) is 16.5. The van der Waals surface area contributed by atoms with E-state index in [-0.39, 0.29) is 44.3 Å². The summed E-state index contributed by atoms with van der Waals surface area (Å²) in [6, 6.07) is 14.5. The van der Waals surface area contributed by atoms with E-state index in [1.54, 1.807) is 0 Å². The van der Waals surface area contributed by atoms with E-state index in [0.717, 1.165) is 11.1 Å². The lowest BCUT2D eigenvalue weighted by molar-refractivity contribution is -0.142. The number of amides is 3. The van der Waals surface area contributed by atoms with Crippen LogP contribution in [0.3, 0.4) is 0 Å². The number of benzene rings is 2. The molecule has 0 unspecified atom stereocenters. The highest BCUT2D eigenvalue weighted by atomic mass is 16.4. The number of nitrogens with two attached hydrogens (primary N) is 2. The largest absolute Gasteiger partial charge is 0.480 e. The van der Waals surface area contributed by atoms with Crippen LogP contribution in [0.5, 0.6) is 0 Å². The number of hydrogen-bond donors (Lipinski definition) is 11. The fourth-order valence-electron chi connectivity index (χ4n) is 5.04. The Morgan fingerprint density at radius 1 is 0.653 bits per heavy atom. The van der Waals surface area contributed by atoms with Crippen molar-refractivity contribution in [3.63, 3.8) is 0 Å². The zero-order chi connectivity index (χ0) is 36.4. The molecule has 0 radical (unpaired) electrons. The zero-order valence-corrected chi connectivity index (χ0v) is 28.5. The molecule has 0 aliphatic heterocycles. The van der Waals surface area contributed by atoms with Crippen LogP contribution in [0.25, 0.3) is 0 Å². The van der Waals surface area contributed by atoms with Gasteiger partial charge in [0.05, 0.1) is 6.04 Å². The number of carboxylic acid groups (broad SMARTS) is 1. The number of carbonyl (C=O) groups is 4. The van der Waals surface area contributed by atoms with E-state index >= 15 is 0 Å². The summed E-state index contributed by atoms with van der Waals surface area (Å²) < 4.78 is 0. The molecule has 3 amide bonds. The number of guanidine groups is 2. The van der Waals surface area contributed by atoms with Gasteiger partial charge in [-0.3, -0.25) is 25.2 Å². The number of nitrogens with one attached hydrogen (secondary N) is 8. The predicted octanol–water partition coefficient (Wildman–Crippen LogP) is 0.294. The number of aliphatic carboxylic acids is 1. The smallest absolute Gasteiger partial charge is 0.326 e. The maximum atomic E-state index is 13.9. The van der Waals surface area contributed by atoms with Crippen molar-refractivity contribution in [1.29, 1.82) is 10.8 Å². The van der Waals surface area contributed by atoms with Crippen LogP contribution in [0.2, 0.25) is 0 Å². The highest BCUT2D eigenvalue weighted by Crippen LogP contribution is 2.11. The van der Waals surface area contributed by atoms with E-state index < -0.39 is 53.4 Å². The highest BCUT2D eigenvalue weighted by molar-refractivity contribution is 5.94. The van der Waals surface area contributed by atoms with E-state index in [9.17, 15) is 24.3 Å². The second kappa shape index (κ2) is 20.2. The van der Waals surface area contributed by atoms with Gasteiger partial charge in [0, 0.05) is 25.0 Å². The van der Waals surface area contributed by atoms with Crippen LogP contribution in [-0.4, -0.2) is 83.5 Å². The Kier molecular flexibility index (Phi) is 16.5. The van der Waals surface area contributed by atoms with Crippen molar-refractivity contribution in [2.75, 3.05) is 13.1 Å². The summed E-state index contributed by atoms with van der Waals surface area (Å²) in [7, 11) is 0. The molecule has 15 nitrogen and oxygen atoms in total. The summed E-state index contributed by atoms with van der Waals surface area (Å²) in [6.45, 7) is 6.31. The zero-order valence-electron chi connectivity index (χ0n) is 28.5. The Bertz CT molecular complexity index is 1380. The van der Waals surface area contributed by atoms with Gasteiger partial charge in [0.25, 0.3) is 0 Å². The Morgan fingerprint density at radius 3 is 1.49 bits per heavy atom. The van der Waals surface area contributed by atoms with E-state index in [1.807, 2.05) is 81.4 Å². The van der Waals surface area contributed by atoms with Gasteiger partial charge < -0.3 is 48.5 Å². The SMILES string of the molecule is CC(C)(C)N[C@H](Cc1ccccc1)C(=O)N[C@H](Cc1ccccc1)C(=O)N[C@H](CCCNC(=N)N)C(=O)N[C@H](CCCNC(=N)N)C(=O)O. The fraction of sp³-hybridized carbons (Fsp3) is 0.471. The Balaban J connectivity index is 2.31. The Hall–Kier alpha value is -5.18. The standard InChI is InChI=1S/C34H52N10O5/c1-34(2,3)44-27(21-23-14-8-5-9-15-23)30(47)43-26(20-22-12-6-4-7-13-22)29(46)41-24(16-10-18-39-32(35)36)28(45)42-25(31(48)49)17-11-19-40-33(37)38/h4-9,12-15,24-27,44H,10-11,16-21H2,1-3H3,(H,41,46)(H,42,45)(H,43,47)(H,48,49)(H4,35,36,39)(H4,37,38,40)/t24-,25-,26-,27-/m1/s1. The molecule has 2 aromatic carbocycles. The van der Waals surface area contributed by atoms with Gasteiger partial charge in [-0.1, -0.05) is 60.7 Å². The summed E-state index contributed by atoms with van der Waals surface area (Å²) in [5.74, 6) is -3.51. The maximum Gasteiger partial charge on any atom is 0.326 e. The molecule has 13 N–H and O–H groups in total. The van der Waals surface area contributed by atoms with Crippen LogP contribution in [0.15, 0.2) is 60.7 Å². The average molecular weight is 681 g/mol. The topological polar surface area (TPSA) is 260 Å². The first-order valence-corrected chi connectivity index (χ1v) is 16.3. The van der Waals surface area contributed by atoms with Crippen molar-refractivity contribution in [1.82, 2.24) is 31.9 Å². The van der Waals surface area contributed by atoms with E-state index in [2.05, 4.69) is 31.9 Å². The van der Waals surface area contributed by atoms with Crippen LogP contribution < -0.4 is 43.4 Å². The molecule has 0 aliphatic rings. The predicted molar refractivity (Wildman–Crippen MR) is 189 cm³/mol. The van der Waals surface area contributed by atoms with Gasteiger partial charge >= 0.3 is 5.97 Å². The molecule has 2 aromatic rings. The van der Waals surface area contributed by atoms with Gasteiger partial charge in [0.15, 0.2) is 11.9 Å². The molecule has 0 fully saturated rings. The number of carbonyl (C=O) groups excluding carboxylic acids is 3. The average Bonchev–Trinajstić information content (AvgIpc) is 3.03. The highest BCUT2D eigenvalue weighted by Gasteiger charge is 2.32. The first-order valence-electron chi connectivity index (χ1n) is 16.3. The number of carboxylic acids is 1. The molecular weight excluding hydrogens is 628 g/mol. The quantitative estimate of drug-likeness (QED) is 0.0517. The van der Waals surface area contributed by atoms with E-state index in [0.29, 0.717) is 19.3 Å². The van der Waals surface area contributed by atoms with Crippen LogP contribution in [-0.2, 0) is 32.0 Å². The lowest BCUT2D eigenvalue weighted by Crippen LogP contribution is -2.59. The summed E-state index contributed by atoms with van der Waals surface area (Å²) in [5, 5.41) is 41.2. The van der Waals surface area contributed by atoms with Crippen LogP contribution in [0.4, 0.5) is 0 Å². The lowest BCUT2D eigenvalue weighted by Gasteiger charge is -2.30. The van der Waals surface area contributed by atoms with Crippen molar-refractivity contribution in [3.05, 3.63) is 71.8 Å². The minimum Gasteiger partial charge on any atom is -0.480 e. The molecule has 0 aliphatic carbocycles. The molecule has 15 heteroatoms. The number of rotatable bonds is 20. The first kappa shape index (κ1) is 40.0. The van der Waals surface area contributed by atoms with Crippen molar-refractivity contribution in [2.45, 2.75) is 89.0 Å². The maximum absolute atomic E-state index is 13.9. The summed E-state index contributed by atoms with van der Waals surface area (Å²) in [6.07, 6.45) is 1.24. The van der Waals surface area contributed by atoms with Crippen LogP contribution in [0.1, 0.15) is 57.6 Å². The minimum absolute atomic E-state index is 0.0458. The minimum atomic E-state index is -1.27. The third-order valence-corrected chi connectivity index (χ3v) is 7.34. The van der Waals surface area contributed by atoms with Crippen LogP contribution in [0, 0.1) is 10.8 Å². The van der Waals surface area contributed by atoms with Crippen LogP contribution >= 0.6 is 0 Å². The fourth-order valence-corrected chi connectivity index (χ4v) is 5.04. The van der Waals surface area contributed by atoms with Gasteiger partial charge in [-0.2, -0.15) is 0 Å². The van der Waals surface area contributed by atoms with Crippen molar-refractivity contribution in [3.8, 4) is 0 Å². The lowest BCUT2D eigenvalue weighted by atomic mass is 9.99. The Labute approximate surface area is 287 Å². The molecule has 0 spiro atoms. The van der Waals surface area contributed by atoms with E-state index in [4.69, 9.17) is 22.3 Å². The molecule has 4 atom stereocenters. The molecule has 2 rings (SSSR count). The van der Waals surface area contributed by atoms with Crippen molar-refractivity contribution >= 4 is 35.6 Å². The molecule has 0 aromatic heterocycles. The molecule has 0 saturated heterocycles. The second-order valence-corrected chi connectivity index (χ2v) is 12.8. The number of hydrogen-bond acceptors (Lipinski definition) is 7. The molecule has 0 heterocycles. The molecule has 0 bridgehead atoms. The summed E-state index contributed by atoms with van der Waals surface area (Å²) in [5.41, 5.74) is 12.0. The molecule has 0 saturated carbocycles. The van der Waals surface area contributed by atoms with Gasteiger partial charge in [0.1, 0.15) is 18.1 Å². The van der Waals surface area contributed by atoms with E-state index in [1.165, 1.54) is 0 Å². The third-order valence-electron chi connectivity index (χ3n) is 7.34. The van der Waals surface area contributed by atoms with Gasteiger partial charge in [0.2, 0.25) is 17.7 Å². The summed E-state index contributed by atoms with van der Waals surface area (Å²) in [4.78, 5) is 53.3. The van der Waals surface area contributed by atoms with Gasteiger partial charge in [-0.25, -0.2) is 4.79 Å². The molecule has 268 valence electrons. The molecular formula is C34H52N10O5. The second-order valence-electron chi connectivity index (χ2n) is 12.8. The Morgan fingerprint density at radius 2 is 1.04 bits per heavy atom. The summed E-state index contributed by atoms with van der Waals surface area (Å²) >= 11 is 0. The van der Waals surface area contributed by atoms with Gasteiger partial charge in [-0.05, 0) is 64.0 Å².